The Morgan fingerprint density at radius 1 is 1.23 bits per heavy atom. The third-order valence-corrected chi connectivity index (χ3v) is 4.05. The first-order chi connectivity index (χ1) is 10.5. The Balaban J connectivity index is 2.01. The third-order valence-electron chi connectivity index (χ3n) is 3.50. The molecule has 0 saturated heterocycles. The fraction of sp³-hybridized carbons (Fsp3) is 0.375. The van der Waals surface area contributed by atoms with E-state index in [0.29, 0.717) is 12.8 Å². The summed E-state index contributed by atoms with van der Waals surface area (Å²) in [6.45, 7) is 5.88. The largest absolute Gasteiger partial charge is 0.325 e. The van der Waals surface area contributed by atoms with E-state index >= 15 is 0 Å². The Kier molecular flexibility index (Phi) is 5.49. The van der Waals surface area contributed by atoms with Crippen molar-refractivity contribution in [2.24, 2.45) is 0 Å². The zero-order chi connectivity index (χ0) is 16.1. The number of nitrogens with one attached hydrogen (secondary N) is 1. The van der Waals surface area contributed by atoms with Crippen LogP contribution in [0.15, 0.2) is 23.6 Å². The zero-order valence-corrected chi connectivity index (χ0v) is 14.1. The predicted molar refractivity (Wildman–Crippen MR) is 89.2 cm³/mol. The topological polar surface area (TPSA) is 67.8 Å². The van der Waals surface area contributed by atoms with E-state index in [1.807, 2.05) is 33.1 Å². The van der Waals surface area contributed by atoms with Crippen LogP contribution in [-0.2, 0) is 11.2 Å². The number of pyridine rings is 1. The van der Waals surface area contributed by atoms with Crippen molar-refractivity contribution in [3.63, 3.8) is 0 Å². The van der Waals surface area contributed by atoms with E-state index < -0.39 is 0 Å². The summed E-state index contributed by atoms with van der Waals surface area (Å²) in [6.07, 6.45) is 6.37. The quantitative estimate of drug-likeness (QED) is 0.678. The highest BCUT2D eigenvalue weighted by Gasteiger charge is 2.11. The van der Waals surface area contributed by atoms with Gasteiger partial charge < -0.3 is 5.32 Å². The number of nitrogens with zero attached hydrogens (tertiary/aromatic N) is 3. The van der Waals surface area contributed by atoms with Crippen molar-refractivity contribution in [1.29, 1.82) is 0 Å². The Morgan fingerprint density at radius 2 is 1.91 bits per heavy atom. The maximum atomic E-state index is 12.1. The Hall–Kier alpha value is -1.95. The van der Waals surface area contributed by atoms with Crippen molar-refractivity contribution in [3.8, 4) is 0 Å². The molecule has 2 heterocycles. The number of thioether (sulfide) groups is 1. The van der Waals surface area contributed by atoms with Crippen LogP contribution in [0.3, 0.4) is 0 Å². The number of hydrogen-bond acceptors (Lipinski definition) is 5. The summed E-state index contributed by atoms with van der Waals surface area (Å²) < 4.78 is 0. The lowest BCUT2D eigenvalue weighted by atomic mass is 10.1. The van der Waals surface area contributed by atoms with Gasteiger partial charge in [-0.1, -0.05) is 11.8 Å². The van der Waals surface area contributed by atoms with Gasteiger partial charge in [-0.15, -0.1) is 0 Å². The minimum atomic E-state index is -0.0242. The summed E-state index contributed by atoms with van der Waals surface area (Å²) in [4.78, 5) is 25.0. The average Bonchev–Trinajstić information content (AvgIpc) is 2.48. The molecule has 6 heteroatoms. The molecule has 0 aromatic carbocycles. The van der Waals surface area contributed by atoms with E-state index in [4.69, 9.17) is 0 Å². The van der Waals surface area contributed by atoms with Crippen molar-refractivity contribution >= 4 is 23.4 Å². The van der Waals surface area contributed by atoms with Crippen molar-refractivity contribution in [1.82, 2.24) is 15.0 Å². The third kappa shape index (κ3) is 4.04. The van der Waals surface area contributed by atoms with Crippen LogP contribution >= 0.6 is 11.8 Å². The summed E-state index contributed by atoms with van der Waals surface area (Å²) in [5.41, 5.74) is 4.71. The number of carbonyl (C=O) groups excluding carboxylic acids is 1. The number of hydrogen-bond donors (Lipinski definition) is 1. The van der Waals surface area contributed by atoms with Crippen LogP contribution in [0.4, 0.5) is 5.69 Å². The first-order valence-corrected chi connectivity index (χ1v) is 8.32. The van der Waals surface area contributed by atoms with Crippen LogP contribution in [0.5, 0.6) is 0 Å². The summed E-state index contributed by atoms with van der Waals surface area (Å²) >= 11 is 1.53. The van der Waals surface area contributed by atoms with Gasteiger partial charge in [0.25, 0.3) is 0 Å². The fourth-order valence-corrected chi connectivity index (χ4v) is 2.66. The molecule has 0 bridgehead atoms. The molecule has 0 aliphatic rings. The second-order valence-corrected chi connectivity index (χ2v) is 5.87. The molecule has 0 unspecified atom stereocenters. The zero-order valence-electron chi connectivity index (χ0n) is 13.3. The Labute approximate surface area is 135 Å². The van der Waals surface area contributed by atoms with Crippen molar-refractivity contribution in [2.75, 3.05) is 11.6 Å². The van der Waals surface area contributed by atoms with E-state index in [-0.39, 0.29) is 5.91 Å². The molecule has 0 aliphatic heterocycles. The SMILES string of the molecule is CSc1nc(C)c(CCC(=O)Nc2cnccc2C)c(C)n1. The lowest BCUT2D eigenvalue weighted by molar-refractivity contribution is -0.116. The van der Waals surface area contributed by atoms with Crippen molar-refractivity contribution in [2.45, 2.75) is 38.8 Å². The smallest absolute Gasteiger partial charge is 0.224 e. The lowest BCUT2D eigenvalue weighted by Crippen LogP contribution is -2.14. The van der Waals surface area contributed by atoms with Crippen LogP contribution in [-0.4, -0.2) is 27.1 Å². The van der Waals surface area contributed by atoms with Gasteiger partial charge in [0.2, 0.25) is 5.91 Å². The van der Waals surface area contributed by atoms with Gasteiger partial charge in [0.05, 0.1) is 11.9 Å². The first-order valence-electron chi connectivity index (χ1n) is 7.10. The number of aromatic nitrogens is 3. The van der Waals surface area contributed by atoms with Crippen molar-refractivity contribution < 1.29 is 4.79 Å². The average molecular weight is 316 g/mol. The molecule has 1 N–H and O–H groups in total. The highest BCUT2D eigenvalue weighted by molar-refractivity contribution is 7.98. The van der Waals surface area contributed by atoms with Gasteiger partial charge in [0, 0.05) is 24.0 Å². The van der Waals surface area contributed by atoms with Gasteiger partial charge in [-0.3, -0.25) is 9.78 Å². The van der Waals surface area contributed by atoms with E-state index in [2.05, 4.69) is 20.3 Å². The first kappa shape index (κ1) is 16.4. The van der Waals surface area contributed by atoms with Gasteiger partial charge in [-0.2, -0.15) is 0 Å². The molecule has 1 amide bonds. The summed E-state index contributed by atoms with van der Waals surface area (Å²) in [5, 5.41) is 3.67. The molecule has 116 valence electrons. The molecular weight excluding hydrogens is 296 g/mol. The number of aryl methyl sites for hydroxylation is 3. The molecule has 0 fully saturated rings. The Morgan fingerprint density at radius 3 is 2.50 bits per heavy atom. The fourth-order valence-electron chi connectivity index (χ4n) is 2.21. The van der Waals surface area contributed by atoms with Crippen LogP contribution in [0, 0.1) is 20.8 Å². The summed E-state index contributed by atoms with van der Waals surface area (Å²) in [5.74, 6) is -0.0242. The highest BCUT2D eigenvalue weighted by atomic mass is 32.2. The number of rotatable bonds is 5. The summed E-state index contributed by atoms with van der Waals surface area (Å²) in [7, 11) is 0. The van der Waals surface area contributed by atoms with E-state index in [9.17, 15) is 4.79 Å². The molecule has 2 aromatic rings. The molecule has 0 radical (unpaired) electrons. The minimum absolute atomic E-state index is 0.0242. The molecule has 0 spiro atoms. The van der Waals surface area contributed by atoms with Crippen LogP contribution in [0.2, 0.25) is 0 Å². The van der Waals surface area contributed by atoms with Gasteiger partial charge in [-0.05, 0) is 50.6 Å². The minimum Gasteiger partial charge on any atom is -0.325 e. The molecule has 5 nitrogen and oxygen atoms in total. The monoisotopic (exact) mass is 316 g/mol. The molecule has 0 atom stereocenters. The maximum absolute atomic E-state index is 12.1. The molecular formula is C16H20N4OS. The lowest BCUT2D eigenvalue weighted by Gasteiger charge is -2.11. The van der Waals surface area contributed by atoms with Crippen molar-refractivity contribution in [3.05, 3.63) is 41.0 Å². The van der Waals surface area contributed by atoms with Crippen LogP contribution in [0.25, 0.3) is 0 Å². The molecule has 0 saturated carbocycles. The van der Waals surface area contributed by atoms with Crippen LogP contribution < -0.4 is 5.32 Å². The standard InChI is InChI=1S/C16H20N4OS/c1-10-7-8-17-9-14(10)20-15(21)6-5-13-11(2)18-16(22-4)19-12(13)3/h7-9H,5-6H2,1-4H3,(H,20,21). The van der Waals surface area contributed by atoms with Crippen LogP contribution in [0.1, 0.15) is 28.9 Å². The van der Waals surface area contributed by atoms with Gasteiger partial charge >= 0.3 is 0 Å². The van der Waals surface area contributed by atoms with Gasteiger partial charge in [-0.25, -0.2) is 9.97 Å². The van der Waals surface area contributed by atoms with E-state index in [0.717, 1.165) is 33.4 Å². The Bertz CT molecular complexity index is 665. The molecule has 2 rings (SSSR count). The summed E-state index contributed by atoms with van der Waals surface area (Å²) in [6, 6.07) is 1.87. The normalized spacial score (nSPS) is 10.5. The van der Waals surface area contributed by atoms with Gasteiger partial charge in [0.1, 0.15) is 0 Å². The number of carbonyl (C=O) groups is 1. The molecule has 2 aromatic heterocycles. The highest BCUT2D eigenvalue weighted by Crippen LogP contribution is 2.18. The second-order valence-electron chi connectivity index (χ2n) is 5.10. The predicted octanol–water partition coefficient (Wildman–Crippen LogP) is 3.09. The van der Waals surface area contributed by atoms with Gasteiger partial charge in [0.15, 0.2) is 5.16 Å². The molecule has 0 aliphatic carbocycles. The number of amides is 1. The van der Waals surface area contributed by atoms with E-state index in [1.165, 1.54) is 11.8 Å². The second kappa shape index (κ2) is 7.35. The number of anilines is 1. The maximum Gasteiger partial charge on any atom is 0.224 e. The van der Waals surface area contributed by atoms with E-state index in [1.54, 1.807) is 12.4 Å². The molecule has 22 heavy (non-hydrogen) atoms.